The van der Waals surface area contributed by atoms with Gasteiger partial charge in [0.2, 0.25) is 0 Å². The molecule has 2 aromatic rings. The summed E-state index contributed by atoms with van der Waals surface area (Å²) in [7, 11) is 0. The first-order valence-electron chi connectivity index (χ1n) is 12.0. The first kappa shape index (κ1) is 19.3. The van der Waals surface area contributed by atoms with Crippen LogP contribution in [0.5, 0.6) is 0 Å². The first-order chi connectivity index (χ1) is 14.6. The second kappa shape index (κ2) is 7.34. The van der Waals surface area contributed by atoms with Gasteiger partial charge in [0.1, 0.15) is 0 Å². The first-order valence-corrected chi connectivity index (χ1v) is 12.4. The van der Waals surface area contributed by atoms with Crippen molar-refractivity contribution < 1.29 is 0 Å². The Labute approximate surface area is 183 Å². The highest BCUT2D eigenvalue weighted by Crippen LogP contribution is 2.49. The lowest BCUT2D eigenvalue weighted by Gasteiger charge is -2.50. The van der Waals surface area contributed by atoms with Crippen LogP contribution in [0.3, 0.4) is 0 Å². The Morgan fingerprint density at radius 2 is 1.53 bits per heavy atom. The Morgan fingerprint density at radius 3 is 2.23 bits per heavy atom. The predicted octanol–water partition coefficient (Wildman–Crippen LogP) is 5.43. The number of hydrogen-bond acceptors (Lipinski definition) is 3. The van der Waals surface area contributed by atoms with Gasteiger partial charge in [-0.1, -0.05) is 30.7 Å². The van der Waals surface area contributed by atoms with E-state index in [1.54, 1.807) is 0 Å². The van der Waals surface area contributed by atoms with E-state index in [9.17, 15) is 4.79 Å². The van der Waals surface area contributed by atoms with Gasteiger partial charge in [-0.3, -0.25) is 9.69 Å². The third-order valence-electron chi connectivity index (χ3n) is 8.66. The van der Waals surface area contributed by atoms with Crippen LogP contribution in [0.2, 0.25) is 5.15 Å². The summed E-state index contributed by atoms with van der Waals surface area (Å²) in [5.74, 6) is 2.81. The molecule has 2 unspecified atom stereocenters. The molecule has 2 saturated heterocycles. The molecule has 5 heteroatoms. The van der Waals surface area contributed by atoms with Gasteiger partial charge in [0, 0.05) is 24.2 Å². The number of piperidine rings is 1. The van der Waals surface area contributed by atoms with E-state index in [1.807, 2.05) is 28.8 Å². The maximum atomic E-state index is 13.0. The molecule has 160 valence electrons. The van der Waals surface area contributed by atoms with E-state index in [0.29, 0.717) is 12.1 Å². The minimum atomic E-state index is -0.116. The molecule has 2 aliphatic carbocycles. The van der Waals surface area contributed by atoms with Crippen molar-refractivity contribution in [3.05, 3.63) is 39.8 Å². The second-order valence-electron chi connectivity index (χ2n) is 10.7. The fraction of sp³-hybridized carbons (Fsp3) is 0.680. The summed E-state index contributed by atoms with van der Waals surface area (Å²) in [6, 6.07) is 10.2. The SMILES string of the molecule is CC1C[C@@H]2CC(N3[C@H]4CC[C@H]3CC(n3c(=O)c(Cl)nc5ccccc53)C4)C[C@H](C1)C2. The van der Waals surface area contributed by atoms with E-state index in [0.717, 1.165) is 47.7 Å². The van der Waals surface area contributed by atoms with Crippen LogP contribution in [0.4, 0.5) is 0 Å². The van der Waals surface area contributed by atoms with Gasteiger partial charge in [0.15, 0.2) is 5.15 Å². The molecular formula is C25H32ClN3O. The van der Waals surface area contributed by atoms with Crippen LogP contribution in [0.15, 0.2) is 29.1 Å². The Hall–Kier alpha value is -1.39. The van der Waals surface area contributed by atoms with Crippen molar-refractivity contribution in [1.29, 1.82) is 0 Å². The summed E-state index contributed by atoms with van der Waals surface area (Å²) in [5, 5.41) is 0.109. The predicted molar refractivity (Wildman–Crippen MR) is 121 cm³/mol. The van der Waals surface area contributed by atoms with Gasteiger partial charge in [-0.15, -0.1) is 0 Å². The lowest BCUT2D eigenvalue weighted by Crippen LogP contribution is -2.53. The molecule has 0 amide bonds. The van der Waals surface area contributed by atoms with Gasteiger partial charge >= 0.3 is 0 Å². The van der Waals surface area contributed by atoms with Crippen molar-refractivity contribution in [3.8, 4) is 0 Å². The Kier molecular flexibility index (Phi) is 4.72. The number of fused-ring (bicyclic) bond motifs is 5. The fourth-order valence-electron chi connectivity index (χ4n) is 7.87. The highest BCUT2D eigenvalue weighted by atomic mass is 35.5. The third kappa shape index (κ3) is 3.14. The molecule has 1 aromatic heterocycles. The van der Waals surface area contributed by atoms with Crippen LogP contribution in [-0.4, -0.2) is 32.6 Å². The molecule has 4 aliphatic rings. The van der Waals surface area contributed by atoms with Crippen molar-refractivity contribution in [2.24, 2.45) is 17.8 Å². The largest absolute Gasteiger partial charge is 0.301 e. The molecule has 4 bridgehead atoms. The molecule has 2 saturated carbocycles. The van der Waals surface area contributed by atoms with Crippen LogP contribution < -0.4 is 5.56 Å². The van der Waals surface area contributed by atoms with Crippen molar-refractivity contribution >= 4 is 22.6 Å². The topological polar surface area (TPSA) is 38.1 Å². The molecule has 30 heavy (non-hydrogen) atoms. The molecule has 4 nitrogen and oxygen atoms in total. The summed E-state index contributed by atoms with van der Waals surface area (Å²) >= 11 is 6.26. The van der Waals surface area contributed by atoms with Crippen molar-refractivity contribution in [1.82, 2.24) is 14.5 Å². The lowest BCUT2D eigenvalue weighted by atomic mass is 9.66. The molecule has 0 radical (unpaired) electrons. The van der Waals surface area contributed by atoms with Crippen LogP contribution in [0, 0.1) is 17.8 Å². The maximum Gasteiger partial charge on any atom is 0.288 e. The van der Waals surface area contributed by atoms with E-state index >= 15 is 0 Å². The van der Waals surface area contributed by atoms with Gasteiger partial charge in [-0.05, 0) is 87.7 Å². The van der Waals surface area contributed by atoms with Gasteiger partial charge in [-0.25, -0.2) is 4.98 Å². The number of halogens is 1. The zero-order chi connectivity index (χ0) is 20.4. The summed E-state index contributed by atoms with van der Waals surface area (Å²) < 4.78 is 1.98. The summed E-state index contributed by atoms with van der Waals surface area (Å²) in [5.41, 5.74) is 1.64. The molecule has 0 spiro atoms. The van der Waals surface area contributed by atoms with Crippen molar-refractivity contribution in [2.75, 3.05) is 0 Å². The number of rotatable bonds is 2. The molecule has 3 heterocycles. The third-order valence-corrected chi connectivity index (χ3v) is 8.90. The molecule has 4 fully saturated rings. The number of para-hydroxylation sites is 2. The molecular weight excluding hydrogens is 394 g/mol. The van der Waals surface area contributed by atoms with Crippen molar-refractivity contribution in [3.63, 3.8) is 0 Å². The van der Waals surface area contributed by atoms with Crippen molar-refractivity contribution in [2.45, 2.75) is 88.9 Å². The summed E-state index contributed by atoms with van der Waals surface area (Å²) in [6.45, 7) is 2.45. The standard InChI is InChI=1S/C25H32ClN3O/c1-15-8-16-10-17(9-15)12-20(11-16)28-18-6-7-19(28)14-21(13-18)29-23-5-3-2-4-22(23)27-24(26)25(29)30/h2-5,15-21H,6-14H2,1H3/t15?,16-,17+,18-,19-,20?/m0/s1. The molecule has 6 rings (SSSR count). The number of nitrogens with zero attached hydrogens (tertiary/aromatic N) is 3. The normalized spacial score (nSPS) is 38.8. The Morgan fingerprint density at radius 1 is 0.867 bits per heavy atom. The second-order valence-corrected chi connectivity index (χ2v) is 11.1. The van der Waals surface area contributed by atoms with Crippen LogP contribution in [-0.2, 0) is 0 Å². The number of hydrogen-bond donors (Lipinski definition) is 0. The van der Waals surface area contributed by atoms with Gasteiger partial charge in [-0.2, -0.15) is 0 Å². The van der Waals surface area contributed by atoms with Crippen LogP contribution in [0.1, 0.15) is 70.8 Å². The Balaban J connectivity index is 1.29. The summed E-state index contributed by atoms with van der Waals surface area (Å²) in [4.78, 5) is 20.3. The number of aromatic nitrogens is 2. The highest BCUT2D eigenvalue weighted by molar-refractivity contribution is 6.29. The quantitative estimate of drug-likeness (QED) is 0.643. The zero-order valence-electron chi connectivity index (χ0n) is 17.8. The highest BCUT2D eigenvalue weighted by Gasteiger charge is 2.47. The number of benzene rings is 1. The average molecular weight is 426 g/mol. The van der Waals surface area contributed by atoms with Gasteiger partial charge in [0.25, 0.3) is 5.56 Å². The molecule has 2 aliphatic heterocycles. The van der Waals surface area contributed by atoms with E-state index in [4.69, 9.17) is 11.6 Å². The minimum absolute atomic E-state index is 0.109. The maximum absolute atomic E-state index is 13.0. The van der Waals surface area contributed by atoms with E-state index in [1.165, 1.54) is 44.9 Å². The molecule has 1 aromatic carbocycles. The lowest BCUT2D eigenvalue weighted by molar-refractivity contribution is -0.000123. The van der Waals surface area contributed by atoms with Crippen LogP contribution >= 0.6 is 11.6 Å². The fourth-order valence-corrected chi connectivity index (χ4v) is 8.05. The molecule has 0 N–H and O–H groups in total. The average Bonchev–Trinajstić information content (AvgIpc) is 2.98. The van der Waals surface area contributed by atoms with E-state index < -0.39 is 0 Å². The zero-order valence-corrected chi connectivity index (χ0v) is 18.6. The van der Waals surface area contributed by atoms with E-state index in [-0.39, 0.29) is 16.8 Å². The monoisotopic (exact) mass is 425 g/mol. The van der Waals surface area contributed by atoms with E-state index in [2.05, 4.69) is 16.8 Å². The van der Waals surface area contributed by atoms with Crippen LogP contribution in [0.25, 0.3) is 11.0 Å². The minimum Gasteiger partial charge on any atom is -0.301 e. The van der Waals surface area contributed by atoms with Gasteiger partial charge in [0.05, 0.1) is 11.0 Å². The smallest absolute Gasteiger partial charge is 0.288 e. The van der Waals surface area contributed by atoms with Gasteiger partial charge < -0.3 is 4.57 Å². The molecule has 6 atom stereocenters. The Bertz CT molecular complexity index is 987. The summed E-state index contributed by atoms with van der Waals surface area (Å²) in [6.07, 6.45) is 11.9.